The molecule has 24 heavy (non-hydrogen) atoms. The highest BCUT2D eigenvalue weighted by Crippen LogP contribution is 2.70. The molecule has 0 saturated heterocycles. The maximum atomic E-state index is 12.8. The molecule has 1 atom stereocenters. The molecule has 0 bridgehead atoms. The van der Waals surface area contributed by atoms with Crippen molar-refractivity contribution in [1.82, 2.24) is 14.9 Å². The second kappa shape index (κ2) is 10.6. The van der Waals surface area contributed by atoms with E-state index in [1.54, 1.807) is 32.0 Å². The summed E-state index contributed by atoms with van der Waals surface area (Å²) in [5.74, 6) is -0.538. The van der Waals surface area contributed by atoms with E-state index in [9.17, 15) is 4.57 Å². The fourth-order valence-corrected chi connectivity index (χ4v) is 8.20. The molecular formula is C14H24N3O3PS3. The number of ether oxygens (including phenoxy) is 1. The van der Waals surface area contributed by atoms with Crippen molar-refractivity contribution in [3.05, 3.63) is 17.6 Å². The Balaban J connectivity index is 2.81. The van der Waals surface area contributed by atoms with Crippen LogP contribution in [0.5, 0.6) is 5.88 Å². The van der Waals surface area contributed by atoms with Gasteiger partial charge in [0.25, 0.3) is 5.17 Å². The maximum absolute atomic E-state index is 12.8. The van der Waals surface area contributed by atoms with Crippen LogP contribution in [0.3, 0.4) is 0 Å². The maximum Gasteiger partial charge on any atom is 0.313 e. The minimum atomic E-state index is -2.78. The summed E-state index contributed by atoms with van der Waals surface area (Å²) in [5.41, 5.74) is 0.737. The first kappa shape index (κ1) is 21.7. The summed E-state index contributed by atoms with van der Waals surface area (Å²) in [6.45, 7) is 6.12. The second-order valence-corrected chi connectivity index (χ2v) is 12.8. The van der Waals surface area contributed by atoms with Gasteiger partial charge in [-0.25, -0.2) is 4.98 Å². The lowest BCUT2D eigenvalue weighted by atomic mass is 10.4. The first-order valence-electron chi connectivity index (χ1n) is 7.57. The molecule has 0 spiro atoms. The fourth-order valence-electron chi connectivity index (χ4n) is 1.52. The number of thiocarbonyl (C=S) groups is 1. The molecule has 6 nitrogen and oxygen atoms in total. The molecule has 1 aromatic rings. The van der Waals surface area contributed by atoms with E-state index in [0.29, 0.717) is 29.2 Å². The Morgan fingerprint density at radius 1 is 1.33 bits per heavy atom. The number of hydrogen-bond acceptors (Lipinski definition) is 8. The van der Waals surface area contributed by atoms with Crippen LogP contribution in [0, 0.1) is 6.92 Å². The summed E-state index contributed by atoms with van der Waals surface area (Å²) in [4.78, 5) is 10.3. The molecule has 1 rings (SSSR count). The van der Waals surface area contributed by atoms with Gasteiger partial charge in [-0.05, 0) is 32.5 Å². The van der Waals surface area contributed by atoms with Gasteiger partial charge in [-0.3, -0.25) is 4.57 Å². The zero-order valence-corrected chi connectivity index (χ0v) is 18.0. The van der Waals surface area contributed by atoms with Crippen molar-refractivity contribution < 1.29 is 13.8 Å². The minimum absolute atomic E-state index is 0.324. The summed E-state index contributed by atoms with van der Waals surface area (Å²) in [5, 5.41) is 0.324. The van der Waals surface area contributed by atoms with Crippen LogP contribution in [0.2, 0.25) is 0 Å². The van der Waals surface area contributed by atoms with Crippen LogP contribution < -0.4 is 4.74 Å². The van der Waals surface area contributed by atoms with Crippen LogP contribution in [0.25, 0.3) is 0 Å². The van der Waals surface area contributed by atoms with E-state index in [4.69, 9.17) is 21.5 Å². The first-order valence-corrected chi connectivity index (χ1v) is 12.8. The zero-order valence-electron chi connectivity index (χ0n) is 14.6. The summed E-state index contributed by atoms with van der Waals surface area (Å²) in [6, 6.07) is 1.72. The quantitative estimate of drug-likeness (QED) is 0.432. The fraction of sp³-hybridized carbons (Fsp3) is 0.643. The van der Waals surface area contributed by atoms with Gasteiger partial charge in [-0.1, -0.05) is 29.7 Å². The largest absolute Gasteiger partial charge is 0.413 e. The van der Waals surface area contributed by atoms with Gasteiger partial charge < -0.3 is 14.2 Å². The van der Waals surface area contributed by atoms with Gasteiger partial charge in [0, 0.05) is 31.7 Å². The van der Waals surface area contributed by atoms with Gasteiger partial charge in [0.15, 0.2) is 0 Å². The monoisotopic (exact) mass is 409 g/mol. The van der Waals surface area contributed by atoms with Crippen molar-refractivity contribution in [2.75, 3.05) is 26.5 Å². The van der Waals surface area contributed by atoms with Gasteiger partial charge in [0.2, 0.25) is 5.88 Å². The predicted molar refractivity (Wildman–Crippen MR) is 107 cm³/mol. The highest BCUT2D eigenvalue weighted by Gasteiger charge is 2.24. The zero-order chi connectivity index (χ0) is 18.2. The molecule has 0 aliphatic rings. The van der Waals surface area contributed by atoms with Gasteiger partial charge in [-0.2, -0.15) is 4.98 Å². The average Bonchev–Trinajstić information content (AvgIpc) is 2.51. The highest BCUT2D eigenvalue weighted by molar-refractivity contribution is 8.89. The summed E-state index contributed by atoms with van der Waals surface area (Å²) >= 11 is 7.80. The van der Waals surface area contributed by atoms with E-state index in [-0.39, 0.29) is 0 Å². The van der Waals surface area contributed by atoms with Gasteiger partial charge in [0.05, 0.1) is 12.3 Å². The Labute approximate surface area is 157 Å². The molecule has 0 saturated carbocycles. The summed E-state index contributed by atoms with van der Waals surface area (Å²) in [7, 11) is 3.60. The molecule has 1 heterocycles. The molecular weight excluding hydrogens is 385 g/mol. The van der Waals surface area contributed by atoms with E-state index in [1.165, 1.54) is 22.8 Å². The van der Waals surface area contributed by atoms with E-state index in [2.05, 4.69) is 16.9 Å². The second-order valence-electron chi connectivity index (χ2n) is 4.98. The van der Waals surface area contributed by atoms with Gasteiger partial charge >= 0.3 is 5.77 Å². The van der Waals surface area contributed by atoms with Crippen molar-refractivity contribution >= 4 is 45.9 Å². The molecule has 1 unspecified atom stereocenters. The molecule has 10 heteroatoms. The highest BCUT2D eigenvalue weighted by atomic mass is 33.1. The number of hydrogen-bond donors (Lipinski definition) is 0. The summed E-state index contributed by atoms with van der Waals surface area (Å²) in [6.07, 6.45) is 0.953. The van der Waals surface area contributed by atoms with Gasteiger partial charge in [0.1, 0.15) is 5.82 Å². The van der Waals surface area contributed by atoms with E-state index in [1.807, 2.05) is 6.92 Å². The van der Waals surface area contributed by atoms with Crippen LogP contribution >= 0.6 is 40.8 Å². The smallest absolute Gasteiger partial charge is 0.313 e. The molecule has 0 radical (unpaired) electrons. The molecule has 1 aromatic heterocycles. The Morgan fingerprint density at radius 3 is 2.62 bits per heavy atom. The third-order valence-corrected chi connectivity index (χ3v) is 10.6. The number of nitrogens with zero attached hydrogens (tertiary/aromatic N) is 3. The number of rotatable bonds is 9. The van der Waals surface area contributed by atoms with Crippen molar-refractivity contribution in [1.29, 1.82) is 0 Å². The molecule has 0 aliphatic carbocycles. The molecule has 0 N–H and O–H groups in total. The SMILES string of the molecule is CCCSP(=O)(OCC)SCc1cc(OC(=S)N(C)C)nc(C)n1. The van der Waals surface area contributed by atoms with Crippen LogP contribution in [0.4, 0.5) is 0 Å². The average molecular weight is 410 g/mol. The molecule has 0 aliphatic heterocycles. The lowest BCUT2D eigenvalue weighted by molar-refractivity contribution is 0.357. The Kier molecular flexibility index (Phi) is 9.59. The first-order chi connectivity index (χ1) is 11.3. The Bertz CT molecular complexity index is 602. The number of aryl methyl sites for hydroxylation is 1. The molecule has 0 fully saturated rings. The van der Waals surface area contributed by atoms with Crippen LogP contribution in [-0.4, -0.2) is 46.5 Å². The number of aromatic nitrogens is 2. The summed E-state index contributed by atoms with van der Waals surface area (Å²) < 4.78 is 23.8. The lowest BCUT2D eigenvalue weighted by Gasteiger charge is -2.16. The van der Waals surface area contributed by atoms with Gasteiger partial charge in [-0.15, -0.1) is 0 Å². The van der Waals surface area contributed by atoms with Crippen LogP contribution in [0.15, 0.2) is 6.07 Å². The van der Waals surface area contributed by atoms with Crippen LogP contribution in [0.1, 0.15) is 31.8 Å². The lowest BCUT2D eigenvalue weighted by Crippen LogP contribution is -2.25. The third kappa shape index (κ3) is 7.70. The van der Waals surface area contributed by atoms with E-state index >= 15 is 0 Å². The normalized spacial score (nSPS) is 13.4. The van der Waals surface area contributed by atoms with E-state index in [0.717, 1.165) is 17.9 Å². The Hall–Kier alpha value is -0.340. The molecule has 0 amide bonds. The standard InChI is InChI=1S/C14H24N3O3PS3/c1-6-8-23-21(18,19-7-2)24-10-12-9-13(16-11(3)15-12)20-14(22)17(4)5/h9H,6-8,10H2,1-5H3. The molecule has 136 valence electrons. The van der Waals surface area contributed by atoms with Crippen LogP contribution in [-0.2, 0) is 14.8 Å². The minimum Gasteiger partial charge on any atom is -0.413 e. The topological polar surface area (TPSA) is 64.6 Å². The predicted octanol–water partition coefficient (Wildman–Crippen LogP) is 4.53. The molecule has 0 aromatic carbocycles. The van der Waals surface area contributed by atoms with E-state index < -0.39 is 5.77 Å². The van der Waals surface area contributed by atoms with Crippen molar-refractivity contribution in [2.45, 2.75) is 32.9 Å². The third-order valence-electron chi connectivity index (χ3n) is 2.54. The van der Waals surface area contributed by atoms with Crippen molar-refractivity contribution in [3.8, 4) is 5.88 Å². The van der Waals surface area contributed by atoms with Crippen molar-refractivity contribution in [3.63, 3.8) is 0 Å². The van der Waals surface area contributed by atoms with Crippen molar-refractivity contribution in [2.24, 2.45) is 0 Å². The Morgan fingerprint density at radius 2 is 2.04 bits per heavy atom.